The molecule has 0 bridgehead atoms. The topological polar surface area (TPSA) is 47.6 Å². The van der Waals surface area contributed by atoms with Gasteiger partial charge in [0, 0.05) is 9.50 Å². The van der Waals surface area contributed by atoms with Crippen molar-refractivity contribution >= 4 is 39.1 Å². The number of hydrogen-bond donors (Lipinski definition) is 1. The first-order chi connectivity index (χ1) is 13.0. The predicted molar refractivity (Wildman–Crippen MR) is 111 cm³/mol. The highest BCUT2D eigenvalue weighted by molar-refractivity contribution is 9.10. The number of halogens is 2. The van der Waals surface area contributed by atoms with Crippen LogP contribution >= 0.6 is 27.5 Å². The summed E-state index contributed by atoms with van der Waals surface area (Å²) in [6.45, 7) is 1.68. The van der Waals surface area contributed by atoms with E-state index in [0.29, 0.717) is 28.0 Å². The lowest BCUT2D eigenvalue weighted by atomic mass is 10.2. The smallest absolute Gasteiger partial charge is 0.265 e. The first-order valence-electron chi connectivity index (χ1n) is 8.27. The number of para-hydroxylation sites is 1. The van der Waals surface area contributed by atoms with Gasteiger partial charge in [-0.2, -0.15) is 0 Å². The van der Waals surface area contributed by atoms with Crippen LogP contribution in [0.2, 0.25) is 5.02 Å². The van der Waals surface area contributed by atoms with Crippen LogP contribution in [0.25, 0.3) is 0 Å². The van der Waals surface area contributed by atoms with Crippen LogP contribution in [0.3, 0.4) is 0 Å². The van der Waals surface area contributed by atoms with E-state index in [1.807, 2.05) is 42.5 Å². The van der Waals surface area contributed by atoms with E-state index < -0.39 is 6.10 Å². The number of nitrogens with one attached hydrogen (secondary N) is 1. The Hall–Kier alpha value is -2.50. The van der Waals surface area contributed by atoms with Gasteiger partial charge in [0.2, 0.25) is 0 Å². The zero-order chi connectivity index (χ0) is 19.2. The second kappa shape index (κ2) is 8.93. The highest BCUT2D eigenvalue weighted by Crippen LogP contribution is 2.32. The van der Waals surface area contributed by atoms with Crippen molar-refractivity contribution in [3.63, 3.8) is 0 Å². The van der Waals surface area contributed by atoms with Gasteiger partial charge in [0.15, 0.2) is 11.9 Å². The lowest BCUT2D eigenvalue weighted by Crippen LogP contribution is -2.30. The number of amides is 1. The van der Waals surface area contributed by atoms with Crippen LogP contribution in [0, 0.1) is 0 Å². The summed E-state index contributed by atoms with van der Waals surface area (Å²) < 4.78 is 12.5. The Bertz CT molecular complexity index is 916. The highest BCUT2D eigenvalue weighted by Gasteiger charge is 2.17. The average Bonchev–Trinajstić information content (AvgIpc) is 2.66. The normalized spacial score (nSPS) is 11.5. The minimum atomic E-state index is -0.699. The van der Waals surface area contributed by atoms with E-state index in [1.54, 1.807) is 37.3 Å². The molecule has 0 unspecified atom stereocenters. The number of ether oxygens (including phenoxy) is 2. The van der Waals surface area contributed by atoms with Crippen LogP contribution in [0.1, 0.15) is 6.92 Å². The van der Waals surface area contributed by atoms with E-state index in [9.17, 15) is 4.79 Å². The molecule has 0 aliphatic carbocycles. The summed E-state index contributed by atoms with van der Waals surface area (Å²) in [4.78, 5) is 12.6. The molecule has 0 spiro atoms. The monoisotopic (exact) mass is 445 g/mol. The molecular weight excluding hydrogens is 430 g/mol. The van der Waals surface area contributed by atoms with E-state index in [4.69, 9.17) is 21.1 Å². The van der Waals surface area contributed by atoms with Crippen molar-refractivity contribution in [2.24, 2.45) is 0 Å². The first kappa shape index (κ1) is 19.3. The molecule has 0 aliphatic rings. The molecule has 4 nitrogen and oxygen atoms in total. The number of carbonyl (C=O) groups excluding carboxylic acids is 1. The summed E-state index contributed by atoms with van der Waals surface area (Å²) in [6.07, 6.45) is -0.699. The van der Waals surface area contributed by atoms with Gasteiger partial charge >= 0.3 is 0 Å². The standard InChI is InChI=1S/C21H17BrClNO3/c1-14(26-18-10-7-15(22)8-11-18)21(25)24-19-13-16(23)9-12-20(19)27-17-5-3-2-4-6-17/h2-14H,1H3,(H,24,25)/t14-/m1/s1. The van der Waals surface area contributed by atoms with Crippen molar-refractivity contribution in [2.75, 3.05) is 5.32 Å². The van der Waals surface area contributed by atoms with Gasteiger partial charge in [-0.3, -0.25) is 4.79 Å². The van der Waals surface area contributed by atoms with E-state index in [-0.39, 0.29) is 5.91 Å². The fraction of sp³-hybridized carbons (Fsp3) is 0.0952. The molecule has 1 amide bonds. The van der Waals surface area contributed by atoms with Crippen molar-refractivity contribution < 1.29 is 14.3 Å². The van der Waals surface area contributed by atoms with Gasteiger partial charge in [0.05, 0.1) is 5.69 Å². The summed E-state index contributed by atoms with van der Waals surface area (Å²) in [6, 6.07) is 21.7. The Morgan fingerprint density at radius 2 is 1.70 bits per heavy atom. The van der Waals surface area contributed by atoms with Gasteiger partial charge in [0.25, 0.3) is 5.91 Å². The molecule has 0 saturated heterocycles. The number of hydrogen-bond acceptors (Lipinski definition) is 3. The number of benzene rings is 3. The Morgan fingerprint density at radius 1 is 1.00 bits per heavy atom. The van der Waals surface area contributed by atoms with Crippen LogP contribution < -0.4 is 14.8 Å². The minimum Gasteiger partial charge on any atom is -0.481 e. The van der Waals surface area contributed by atoms with E-state index in [0.717, 1.165) is 4.47 Å². The van der Waals surface area contributed by atoms with Gasteiger partial charge in [-0.25, -0.2) is 0 Å². The number of carbonyl (C=O) groups is 1. The van der Waals surface area contributed by atoms with Crippen LogP contribution in [-0.2, 0) is 4.79 Å². The molecule has 0 saturated carbocycles. The molecule has 27 heavy (non-hydrogen) atoms. The molecular formula is C21H17BrClNO3. The van der Waals surface area contributed by atoms with Crippen LogP contribution in [0.5, 0.6) is 17.2 Å². The minimum absolute atomic E-state index is 0.307. The second-order valence-corrected chi connectivity index (χ2v) is 7.11. The largest absolute Gasteiger partial charge is 0.481 e. The Balaban J connectivity index is 1.72. The summed E-state index contributed by atoms with van der Waals surface area (Å²) in [5.41, 5.74) is 0.475. The fourth-order valence-electron chi connectivity index (χ4n) is 2.31. The maximum atomic E-state index is 12.6. The van der Waals surface area contributed by atoms with Gasteiger partial charge in [0.1, 0.15) is 11.5 Å². The van der Waals surface area contributed by atoms with Gasteiger partial charge < -0.3 is 14.8 Å². The van der Waals surface area contributed by atoms with E-state index in [2.05, 4.69) is 21.2 Å². The third-order valence-electron chi connectivity index (χ3n) is 3.67. The SMILES string of the molecule is C[C@@H](Oc1ccc(Br)cc1)C(=O)Nc1cc(Cl)ccc1Oc1ccccc1. The maximum absolute atomic E-state index is 12.6. The van der Waals surface area contributed by atoms with Gasteiger partial charge in [-0.05, 0) is 61.5 Å². The average molecular weight is 447 g/mol. The molecule has 1 atom stereocenters. The lowest BCUT2D eigenvalue weighted by molar-refractivity contribution is -0.122. The Kier molecular flexibility index (Phi) is 6.37. The maximum Gasteiger partial charge on any atom is 0.265 e. The van der Waals surface area contributed by atoms with Crippen LogP contribution in [-0.4, -0.2) is 12.0 Å². The summed E-state index contributed by atoms with van der Waals surface area (Å²) in [7, 11) is 0. The van der Waals surface area contributed by atoms with E-state index >= 15 is 0 Å². The molecule has 0 aromatic heterocycles. The van der Waals surface area contributed by atoms with Crippen molar-refractivity contribution in [1.82, 2.24) is 0 Å². The highest BCUT2D eigenvalue weighted by atomic mass is 79.9. The van der Waals surface area contributed by atoms with Crippen LogP contribution in [0.15, 0.2) is 77.3 Å². The number of rotatable bonds is 6. The number of anilines is 1. The summed E-state index contributed by atoms with van der Waals surface area (Å²) in [5, 5.41) is 3.31. The van der Waals surface area contributed by atoms with Gasteiger partial charge in [-0.15, -0.1) is 0 Å². The van der Waals surface area contributed by atoms with Crippen molar-refractivity contribution in [2.45, 2.75) is 13.0 Å². The Morgan fingerprint density at radius 3 is 2.41 bits per heavy atom. The van der Waals surface area contributed by atoms with Gasteiger partial charge in [-0.1, -0.05) is 45.7 Å². The molecule has 0 fully saturated rings. The summed E-state index contributed by atoms with van der Waals surface area (Å²) in [5.74, 6) is 1.45. The molecule has 3 aromatic rings. The molecule has 0 aliphatic heterocycles. The fourth-order valence-corrected chi connectivity index (χ4v) is 2.75. The molecule has 0 heterocycles. The molecule has 6 heteroatoms. The molecule has 1 N–H and O–H groups in total. The molecule has 138 valence electrons. The zero-order valence-corrected chi connectivity index (χ0v) is 16.8. The lowest BCUT2D eigenvalue weighted by Gasteiger charge is -2.17. The van der Waals surface area contributed by atoms with Crippen molar-refractivity contribution in [1.29, 1.82) is 0 Å². The summed E-state index contributed by atoms with van der Waals surface area (Å²) >= 11 is 9.45. The van der Waals surface area contributed by atoms with Crippen LogP contribution in [0.4, 0.5) is 5.69 Å². The third-order valence-corrected chi connectivity index (χ3v) is 4.43. The molecule has 3 rings (SSSR count). The second-order valence-electron chi connectivity index (χ2n) is 5.76. The Labute approximate surface area is 171 Å². The predicted octanol–water partition coefficient (Wildman–Crippen LogP) is 6.30. The van der Waals surface area contributed by atoms with E-state index in [1.165, 1.54) is 0 Å². The third kappa shape index (κ3) is 5.49. The quantitative estimate of drug-likeness (QED) is 0.483. The molecule has 3 aromatic carbocycles. The first-order valence-corrected chi connectivity index (χ1v) is 9.44. The zero-order valence-electron chi connectivity index (χ0n) is 14.5. The van der Waals surface area contributed by atoms with Crippen molar-refractivity contribution in [3.8, 4) is 17.2 Å². The molecule has 0 radical (unpaired) electrons. The van der Waals surface area contributed by atoms with Crippen molar-refractivity contribution in [3.05, 3.63) is 82.3 Å².